The number of carbonyl (C=O) groups is 2. The molecule has 0 spiro atoms. The number of nitro groups is 1. The van der Waals surface area contributed by atoms with Crippen molar-refractivity contribution in [2.24, 2.45) is 10.1 Å². The predicted octanol–water partition coefficient (Wildman–Crippen LogP) is 3.25. The van der Waals surface area contributed by atoms with Crippen molar-refractivity contribution in [2.75, 3.05) is 7.11 Å². The van der Waals surface area contributed by atoms with E-state index in [2.05, 4.69) is 14.8 Å². The average Bonchev–Trinajstić information content (AvgIpc) is 3.01. The normalized spacial score (nSPS) is 16.7. The summed E-state index contributed by atoms with van der Waals surface area (Å²) in [7, 11) is 1.22. The zero-order chi connectivity index (χ0) is 20.8. The fourth-order valence-corrected chi connectivity index (χ4v) is 3.12. The number of aliphatic imine (C=N–C) groups is 1. The van der Waals surface area contributed by atoms with Crippen LogP contribution in [0.1, 0.15) is 5.56 Å². The van der Waals surface area contributed by atoms with Crippen LogP contribution in [0.4, 0.5) is 11.4 Å². The number of nitrogens with zero attached hydrogens (tertiary/aromatic N) is 4. The van der Waals surface area contributed by atoms with E-state index in [0.29, 0.717) is 11.3 Å². The number of para-hydroxylation sites is 1. The Kier molecular flexibility index (Phi) is 6.15. The first-order valence-electron chi connectivity index (χ1n) is 8.22. The van der Waals surface area contributed by atoms with E-state index in [1.54, 1.807) is 24.3 Å². The van der Waals surface area contributed by atoms with Crippen molar-refractivity contribution in [3.63, 3.8) is 0 Å². The largest absolute Gasteiger partial charge is 0.466 e. The molecule has 1 aliphatic heterocycles. The van der Waals surface area contributed by atoms with E-state index in [-0.39, 0.29) is 15.8 Å². The summed E-state index contributed by atoms with van der Waals surface area (Å²) in [4.78, 5) is 39.0. The maximum atomic E-state index is 12.7. The standard InChI is InChI=1S/C19H14N4O5S/c1-28-17(24)11-16-18(25)22(19(29-16)21-14-5-3-2-4-6-14)20-12-13-7-9-15(10-8-13)23(26)27/h2-12H,1H3/b16-11?,20-12+,21-19?. The van der Waals surface area contributed by atoms with Crippen LogP contribution >= 0.6 is 11.8 Å². The number of benzene rings is 2. The Morgan fingerprint density at radius 2 is 1.86 bits per heavy atom. The molecular weight excluding hydrogens is 396 g/mol. The number of nitro benzene ring substituents is 1. The number of non-ortho nitro benzene ring substituents is 1. The summed E-state index contributed by atoms with van der Waals surface area (Å²) in [5.41, 5.74) is 1.11. The van der Waals surface area contributed by atoms with E-state index < -0.39 is 16.8 Å². The van der Waals surface area contributed by atoms with Gasteiger partial charge in [-0.2, -0.15) is 10.1 Å². The number of hydrogen-bond donors (Lipinski definition) is 0. The molecule has 9 nitrogen and oxygen atoms in total. The smallest absolute Gasteiger partial charge is 0.331 e. The molecule has 29 heavy (non-hydrogen) atoms. The summed E-state index contributed by atoms with van der Waals surface area (Å²) in [6.07, 6.45) is 2.46. The fraction of sp³-hybridized carbons (Fsp3) is 0.0526. The first-order valence-corrected chi connectivity index (χ1v) is 9.03. The van der Waals surface area contributed by atoms with Crippen LogP contribution in [-0.4, -0.2) is 40.3 Å². The van der Waals surface area contributed by atoms with Gasteiger partial charge in [-0.1, -0.05) is 18.2 Å². The fourth-order valence-electron chi connectivity index (χ4n) is 2.23. The quantitative estimate of drug-likeness (QED) is 0.246. The lowest BCUT2D eigenvalue weighted by atomic mass is 10.2. The van der Waals surface area contributed by atoms with Gasteiger partial charge in [-0.25, -0.2) is 9.79 Å². The molecule has 2 aromatic carbocycles. The topological polar surface area (TPSA) is 114 Å². The highest BCUT2D eigenvalue weighted by Crippen LogP contribution is 2.33. The molecule has 1 aliphatic rings. The Bertz CT molecular complexity index is 1030. The number of amides is 1. The molecule has 0 N–H and O–H groups in total. The zero-order valence-electron chi connectivity index (χ0n) is 15.1. The molecule has 1 fully saturated rings. The number of rotatable bonds is 5. The number of hydrazone groups is 1. The molecule has 0 aliphatic carbocycles. The van der Waals surface area contributed by atoms with Crippen LogP contribution in [0, 0.1) is 10.1 Å². The molecule has 3 rings (SSSR count). The SMILES string of the molecule is COC(=O)C=C1SC(=Nc2ccccc2)N(/N=C/c2ccc([N+](=O)[O-])cc2)C1=O. The molecule has 1 saturated heterocycles. The summed E-state index contributed by atoms with van der Waals surface area (Å²) >= 11 is 0.991. The van der Waals surface area contributed by atoms with Gasteiger partial charge in [0, 0.05) is 18.2 Å². The van der Waals surface area contributed by atoms with Crippen molar-refractivity contribution >= 4 is 46.4 Å². The lowest BCUT2D eigenvalue weighted by Crippen LogP contribution is -2.23. The molecule has 0 bridgehead atoms. The molecule has 0 unspecified atom stereocenters. The minimum absolute atomic E-state index is 0.0513. The van der Waals surface area contributed by atoms with Crippen molar-refractivity contribution in [3.05, 3.63) is 81.3 Å². The lowest BCUT2D eigenvalue weighted by Gasteiger charge is -2.08. The third-order valence-electron chi connectivity index (χ3n) is 3.64. The number of thioether (sulfide) groups is 1. The van der Waals surface area contributed by atoms with Gasteiger partial charge in [0.05, 0.1) is 28.8 Å². The first kappa shape index (κ1) is 20.0. The van der Waals surface area contributed by atoms with Crippen LogP contribution in [0.25, 0.3) is 0 Å². The van der Waals surface area contributed by atoms with E-state index in [0.717, 1.165) is 22.8 Å². The molecule has 0 saturated carbocycles. The number of methoxy groups -OCH3 is 1. The molecule has 0 radical (unpaired) electrons. The number of ether oxygens (including phenoxy) is 1. The summed E-state index contributed by atoms with van der Waals surface area (Å²) in [6, 6.07) is 14.7. The third kappa shape index (κ3) is 4.93. The highest BCUT2D eigenvalue weighted by molar-refractivity contribution is 8.18. The maximum absolute atomic E-state index is 12.7. The Hall–Kier alpha value is -3.79. The average molecular weight is 410 g/mol. The van der Waals surface area contributed by atoms with Gasteiger partial charge in [-0.15, -0.1) is 0 Å². The van der Waals surface area contributed by atoms with Gasteiger partial charge in [-0.05, 0) is 41.6 Å². The van der Waals surface area contributed by atoms with E-state index >= 15 is 0 Å². The molecule has 1 heterocycles. The summed E-state index contributed by atoms with van der Waals surface area (Å²) < 4.78 is 4.58. The second-order valence-corrected chi connectivity index (χ2v) is 6.58. The van der Waals surface area contributed by atoms with Gasteiger partial charge in [-0.3, -0.25) is 14.9 Å². The van der Waals surface area contributed by atoms with Crippen LogP contribution in [0.15, 0.2) is 75.7 Å². The van der Waals surface area contributed by atoms with Crippen LogP contribution < -0.4 is 0 Å². The molecule has 0 aromatic heterocycles. The third-order valence-corrected chi connectivity index (χ3v) is 4.60. The van der Waals surface area contributed by atoms with Crippen LogP contribution in [-0.2, 0) is 14.3 Å². The Balaban J connectivity index is 1.92. The Morgan fingerprint density at radius 1 is 1.17 bits per heavy atom. The van der Waals surface area contributed by atoms with E-state index in [1.165, 1.54) is 37.6 Å². The second kappa shape index (κ2) is 8.93. The van der Waals surface area contributed by atoms with Crippen LogP contribution in [0.5, 0.6) is 0 Å². The molecule has 0 atom stereocenters. The van der Waals surface area contributed by atoms with Gasteiger partial charge in [0.15, 0.2) is 5.17 Å². The summed E-state index contributed by atoms with van der Waals surface area (Å²) in [5.74, 6) is -1.20. The minimum atomic E-state index is -0.666. The number of amidine groups is 1. The zero-order valence-corrected chi connectivity index (χ0v) is 15.9. The van der Waals surface area contributed by atoms with E-state index in [4.69, 9.17) is 0 Å². The van der Waals surface area contributed by atoms with Crippen molar-refractivity contribution in [1.82, 2.24) is 5.01 Å². The van der Waals surface area contributed by atoms with Crippen molar-refractivity contribution in [3.8, 4) is 0 Å². The molecule has 1 amide bonds. The van der Waals surface area contributed by atoms with Crippen LogP contribution in [0.3, 0.4) is 0 Å². The Morgan fingerprint density at radius 3 is 2.48 bits per heavy atom. The Labute approximate surface area is 169 Å². The molecular formula is C19H14N4O5S. The van der Waals surface area contributed by atoms with Gasteiger partial charge < -0.3 is 4.74 Å². The van der Waals surface area contributed by atoms with Gasteiger partial charge in [0.2, 0.25) is 0 Å². The lowest BCUT2D eigenvalue weighted by molar-refractivity contribution is -0.384. The highest BCUT2D eigenvalue weighted by atomic mass is 32.2. The van der Waals surface area contributed by atoms with Gasteiger partial charge in [0.1, 0.15) is 0 Å². The molecule has 2 aromatic rings. The molecule has 146 valence electrons. The number of carbonyl (C=O) groups excluding carboxylic acids is 2. The summed E-state index contributed by atoms with van der Waals surface area (Å²) in [6.45, 7) is 0. The molecule has 10 heteroatoms. The predicted molar refractivity (Wildman–Crippen MR) is 109 cm³/mol. The maximum Gasteiger partial charge on any atom is 0.331 e. The minimum Gasteiger partial charge on any atom is -0.466 e. The second-order valence-electron chi connectivity index (χ2n) is 5.57. The number of esters is 1. The highest BCUT2D eigenvalue weighted by Gasteiger charge is 2.34. The van der Waals surface area contributed by atoms with Crippen molar-refractivity contribution in [1.29, 1.82) is 0 Å². The van der Waals surface area contributed by atoms with Crippen molar-refractivity contribution < 1.29 is 19.2 Å². The van der Waals surface area contributed by atoms with Gasteiger partial charge in [0.25, 0.3) is 11.6 Å². The summed E-state index contributed by atoms with van der Waals surface area (Å²) in [5, 5.41) is 16.2. The van der Waals surface area contributed by atoms with E-state index in [9.17, 15) is 19.7 Å². The number of hydrogen-bond acceptors (Lipinski definition) is 8. The van der Waals surface area contributed by atoms with Crippen molar-refractivity contribution in [2.45, 2.75) is 0 Å². The first-order chi connectivity index (χ1) is 14.0. The van der Waals surface area contributed by atoms with E-state index in [1.807, 2.05) is 6.07 Å². The van der Waals surface area contributed by atoms with Crippen LogP contribution in [0.2, 0.25) is 0 Å². The monoisotopic (exact) mass is 410 g/mol. The van der Waals surface area contributed by atoms with Gasteiger partial charge >= 0.3 is 5.97 Å².